The van der Waals surface area contributed by atoms with E-state index in [4.69, 9.17) is 17.3 Å². The molecule has 2 atom stereocenters. The molecule has 2 aliphatic rings. The SMILES string of the molecule is Nc1cc(Cl)ccc1NC(=O)CCN1CC2CCCC2C1. The number of hydrogen-bond donors (Lipinski definition) is 2. The highest BCUT2D eigenvalue weighted by Gasteiger charge is 2.35. The number of hydrogen-bond acceptors (Lipinski definition) is 3. The van der Waals surface area contributed by atoms with Crippen LogP contribution in [-0.4, -0.2) is 30.4 Å². The second kappa shape index (κ2) is 6.24. The largest absolute Gasteiger partial charge is 0.397 e. The highest BCUT2D eigenvalue weighted by Crippen LogP contribution is 2.37. The molecule has 1 aromatic carbocycles. The molecule has 0 bridgehead atoms. The molecule has 1 amide bonds. The molecule has 3 rings (SSSR count). The number of nitrogen functional groups attached to an aromatic ring is 1. The van der Waals surface area contributed by atoms with Crippen LogP contribution < -0.4 is 11.1 Å². The third kappa shape index (κ3) is 3.50. The molecule has 21 heavy (non-hydrogen) atoms. The fourth-order valence-corrected chi connectivity index (χ4v) is 3.82. The zero-order valence-corrected chi connectivity index (χ0v) is 12.9. The van der Waals surface area contributed by atoms with Crippen LogP contribution in [0.1, 0.15) is 25.7 Å². The summed E-state index contributed by atoms with van der Waals surface area (Å²) >= 11 is 5.85. The van der Waals surface area contributed by atoms with E-state index in [9.17, 15) is 4.79 Å². The number of carbonyl (C=O) groups excluding carboxylic acids is 1. The molecule has 2 fully saturated rings. The summed E-state index contributed by atoms with van der Waals surface area (Å²) in [5.41, 5.74) is 6.99. The number of halogens is 1. The molecule has 0 radical (unpaired) electrons. The van der Waals surface area contributed by atoms with Gasteiger partial charge in [0.2, 0.25) is 5.91 Å². The first kappa shape index (κ1) is 14.7. The van der Waals surface area contributed by atoms with Crippen molar-refractivity contribution in [1.29, 1.82) is 0 Å². The maximum atomic E-state index is 12.0. The first-order valence-electron chi connectivity index (χ1n) is 7.69. The number of nitrogens with one attached hydrogen (secondary N) is 1. The lowest BCUT2D eigenvalue weighted by Crippen LogP contribution is -2.26. The Morgan fingerprint density at radius 3 is 2.71 bits per heavy atom. The second-order valence-electron chi connectivity index (χ2n) is 6.24. The van der Waals surface area contributed by atoms with Gasteiger partial charge in [0.15, 0.2) is 0 Å². The van der Waals surface area contributed by atoms with Gasteiger partial charge in [0.25, 0.3) is 0 Å². The molecular formula is C16H22ClN3O. The van der Waals surface area contributed by atoms with Crippen LogP contribution in [0.2, 0.25) is 5.02 Å². The molecule has 2 unspecified atom stereocenters. The first-order chi connectivity index (χ1) is 10.1. The summed E-state index contributed by atoms with van der Waals surface area (Å²) in [7, 11) is 0. The number of carbonyl (C=O) groups is 1. The van der Waals surface area contributed by atoms with Crippen molar-refractivity contribution in [3.8, 4) is 0 Å². The number of fused-ring (bicyclic) bond motifs is 1. The van der Waals surface area contributed by atoms with Crippen LogP contribution in [0.5, 0.6) is 0 Å². The minimum absolute atomic E-state index is 0.0149. The van der Waals surface area contributed by atoms with Gasteiger partial charge in [0, 0.05) is 31.1 Å². The average molecular weight is 308 g/mol. The molecule has 1 aliphatic carbocycles. The van der Waals surface area contributed by atoms with E-state index in [0.717, 1.165) is 18.4 Å². The lowest BCUT2D eigenvalue weighted by molar-refractivity contribution is -0.116. The van der Waals surface area contributed by atoms with Gasteiger partial charge in [-0.2, -0.15) is 0 Å². The summed E-state index contributed by atoms with van der Waals surface area (Å²) in [4.78, 5) is 14.5. The van der Waals surface area contributed by atoms with Gasteiger partial charge in [-0.15, -0.1) is 0 Å². The summed E-state index contributed by atoms with van der Waals surface area (Å²) in [6.07, 6.45) is 4.64. The van der Waals surface area contributed by atoms with Crippen molar-refractivity contribution in [2.24, 2.45) is 11.8 Å². The summed E-state index contributed by atoms with van der Waals surface area (Å²) < 4.78 is 0. The van der Waals surface area contributed by atoms with E-state index in [1.54, 1.807) is 18.2 Å². The van der Waals surface area contributed by atoms with Gasteiger partial charge in [-0.1, -0.05) is 18.0 Å². The van der Waals surface area contributed by atoms with Crippen LogP contribution in [0.4, 0.5) is 11.4 Å². The standard InChI is InChI=1S/C16H22ClN3O/c17-13-4-5-15(14(18)8-13)19-16(21)6-7-20-9-11-2-1-3-12(11)10-20/h4-5,8,11-12H,1-3,6-7,9-10,18H2,(H,19,21). The highest BCUT2D eigenvalue weighted by atomic mass is 35.5. The molecule has 1 saturated carbocycles. The molecule has 4 nitrogen and oxygen atoms in total. The second-order valence-corrected chi connectivity index (χ2v) is 6.68. The van der Waals surface area contributed by atoms with Crippen LogP contribution in [0.3, 0.4) is 0 Å². The Morgan fingerprint density at radius 2 is 2.05 bits per heavy atom. The van der Waals surface area contributed by atoms with Gasteiger partial charge >= 0.3 is 0 Å². The monoisotopic (exact) mass is 307 g/mol. The molecule has 3 N–H and O–H groups in total. The first-order valence-corrected chi connectivity index (χ1v) is 8.07. The summed E-state index contributed by atoms with van der Waals surface area (Å²) in [6, 6.07) is 5.13. The van der Waals surface area contributed by atoms with Gasteiger partial charge in [-0.25, -0.2) is 0 Å². The van der Waals surface area contributed by atoms with E-state index in [-0.39, 0.29) is 5.91 Å². The van der Waals surface area contributed by atoms with Crippen molar-refractivity contribution in [3.63, 3.8) is 0 Å². The Balaban J connectivity index is 1.46. The molecule has 0 aromatic heterocycles. The number of nitrogens with two attached hydrogens (primary N) is 1. The summed E-state index contributed by atoms with van der Waals surface area (Å²) in [5, 5.41) is 3.44. The van der Waals surface area contributed by atoms with E-state index >= 15 is 0 Å². The molecular weight excluding hydrogens is 286 g/mol. The van der Waals surface area contributed by atoms with E-state index in [0.29, 0.717) is 22.8 Å². The zero-order valence-electron chi connectivity index (χ0n) is 12.1. The van der Waals surface area contributed by atoms with Crippen molar-refractivity contribution < 1.29 is 4.79 Å². The quantitative estimate of drug-likeness (QED) is 0.841. The van der Waals surface area contributed by atoms with Crippen LogP contribution >= 0.6 is 11.6 Å². The maximum Gasteiger partial charge on any atom is 0.225 e. The Hall–Kier alpha value is -1.26. The van der Waals surface area contributed by atoms with Gasteiger partial charge in [0.1, 0.15) is 0 Å². The molecule has 1 heterocycles. The lowest BCUT2D eigenvalue weighted by atomic mass is 10.0. The van der Waals surface area contributed by atoms with Crippen molar-refractivity contribution in [3.05, 3.63) is 23.2 Å². The van der Waals surface area contributed by atoms with Crippen LogP contribution in [0.25, 0.3) is 0 Å². The van der Waals surface area contributed by atoms with Crippen LogP contribution in [0.15, 0.2) is 18.2 Å². The number of nitrogens with zero attached hydrogens (tertiary/aromatic N) is 1. The Bertz CT molecular complexity index is 522. The minimum Gasteiger partial charge on any atom is -0.397 e. The highest BCUT2D eigenvalue weighted by molar-refractivity contribution is 6.31. The number of benzene rings is 1. The lowest BCUT2D eigenvalue weighted by Gasteiger charge is -2.16. The third-order valence-corrected chi connectivity index (χ3v) is 4.98. The summed E-state index contributed by atoms with van der Waals surface area (Å²) in [5.74, 6) is 1.76. The fraction of sp³-hybridized carbons (Fsp3) is 0.562. The predicted molar refractivity (Wildman–Crippen MR) is 86.4 cm³/mol. The number of rotatable bonds is 4. The van der Waals surface area contributed by atoms with Crippen LogP contribution in [-0.2, 0) is 4.79 Å². The average Bonchev–Trinajstić information content (AvgIpc) is 3.00. The smallest absolute Gasteiger partial charge is 0.225 e. The normalized spacial score (nSPS) is 25.0. The van der Waals surface area contributed by atoms with Crippen molar-refractivity contribution in [1.82, 2.24) is 4.90 Å². The van der Waals surface area contributed by atoms with Crippen molar-refractivity contribution in [2.75, 3.05) is 30.7 Å². The molecule has 0 spiro atoms. The Kier molecular flexibility index (Phi) is 4.36. The topological polar surface area (TPSA) is 58.4 Å². The van der Waals surface area contributed by atoms with Gasteiger partial charge < -0.3 is 16.0 Å². The van der Waals surface area contributed by atoms with E-state index < -0.39 is 0 Å². The molecule has 1 saturated heterocycles. The van der Waals surface area contributed by atoms with Gasteiger partial charge in [-0.3, -0.25) is 4.79 Å². The molecule has 1 aliphatic heterocycles. The van der Waals surface area contributed by atoms with E-state index in [2.05, 4.69) is 10.2 Å². The summed E-state index contributed by atoms with van der Waals surface area (Å²) in [6.45, 7) is 3.17. The molecule has 1 aromatic rings. The van der Waals surface area contributed by atoms with E-state index in [1.165, 1.54) is 32.4 Å². The van der Waals surface area contributed by atoms with Crippen molar-refractivity contribution >= 4 is 28.9 Å². The Labute approximate surface area is 130 Å². The van der Waals surface area contributed by atoms with E-state index in [1.807, 2.05) is 0 Å². The van der Waals surface area contributed by atoms with Gasteiger partial charge in [0.05, 0.1) is 11.4 Å². The molecule has 5 heteroatoms. The number of likely N-dealkylation sites (tertiary alicyclic amines) is 1. The maximum absolute atomic E-state index is 12.0. The third-order valence-electron chi connectivity index (χ3n) is 4.74. The fourth-order valence-electron chi connectivity index (χ4n) is 3.63. The Morgan fingerprint density at radius 1 is 1.33 bits per heavy atom. The van der Waals surface area contributed by atoms with Crippen molar-refractivity contribution in [2.45, 2.75) is 25.7 Å². The molecule has 114 valence electrons. The van der Waals surface area contributed by atoms with Gasteiger partial charge in [-0.05, 0) is 42.9 Å². The number of amides is 1. The zero-order chi connectivity index (χ0) is 14.8. The minimum atomic E-state index is 0.0149. The number of anilines is 2. The van der Waals surface area contributed by atoms with Crippen LogP contribution in [0, 0.1) is 11.8 Å². The predicted octanol–water partition coefficient (Wildman–Crippen LogP) is 2.98.